The van der Waals surface area contributed by atoms with Crippen LogP contribution in [0.5, 0.6) is 0 Å². The van der Waals surface area contributed by atoms with Gasteiger partial charge in [-0.25, -0.2) is 0 Å². The quantitative estimate of drug-likeness (QED) is 0.878. The van der Waals surface area contributed by atoms with Crippen LogP contribution in [0.25, 0.3) is 0 Å². The van der Waals surface area contributed by atoms with Crippen LogP contribution in [0.2, 0.25) is 0 Å². The number of carbonyl (C=O) groups excluding carboxylic acids is 2. The molecule has 0 aromatic heterocycles. The van der Waals surface area contributed by atoms with Crippen LogP contribution in [0.4, 0.5) is 5.69 Å². The first-order valence-corrected chi connectivity index (χ1v) is 9.07. The predicted molar refractivity (Wildman–Crippen MR) is 100 cm³/mol. The standard InChI is InChI=1S/C19H25N3O2.ClH/c23-17-2-1-11-22(17)16-5-3-15(4-6-16)18(24)21-12-8-19(9-13-21)7-10-20-14-19;/h3-6,20H,1-2,7-14H2;1H. The highest BCUT2D eigenvalue weighted by Gasteiger charge is 2.38. The van der Waals surface area contributed by atoms with Gasteiger partial charge in [0.15, 0.2) is 0 Å². The van der Waals surface area contributed by atoms with Crippen molar-refractivity contribution in [2.75, 3.05) is 37.6 Å². The molecule has 1 aromatic carbocycles. The maximum atomic E-state index is 12.7. The number of hydrogen-bond donors (Lipinski definition) is 1. The van der Waals surface area contributed by atoms with E-state index in [1.165, 1.54) is 6.42 Å². The van der Waals surface area contributed by atoms with E-state index < -0.39 is 0 Å². The monoisotopic (exact) mass is 363 g/mol. The van der Waals surface area contributed by atoms with Gasteiger partial charge in [0.25, 0.3) is 5.91 Å². The van der Waals surface area contributed by atoms with Gasteiger partial charge >= 0.3 is 0 Å². The van der Waals surface area contributed by atoms with E-state index in [2.05, 4.69) is 5.32 Å². The predicted octanol–water partition coefficient (Wildman–Crippen LogP) is 2.45. The topological polar surface area (TPSA) is 52.7 Å². The molecule has 25 heavy (non-hydrogen) atoms. The van der Waals surface area contributed by atoms with Crippen LogP contribution in [0.15, 0.2) is 24.3 Å². The zero-order valence-corrected chi connectivity index (χ0v) is 15.3. The summed E-state index contributed by atoms with van der Waals surface area (Å²) in [5, 5.41) is 3.46. The van der Waals surface area contributed by atoms with Gasteiger partial charge < -0.3 is 15.1 Å². The van der Waals surface area contributed by atoms with Crippen molar-refractivity contribution in [1.82, 2.24) is 10.2 Å². The Hall–Kier alpha value is -1.59. The SMILES string of the molecule is Cl.O=C(c1ccc(N2CCCC2=O)cc1)N1CCC2(CCNC2)CC1. The van der Waals surface area contributed by atoms with E-state index >= 15 is 0 Å². The molecule has 2 amide bonds. The average Bonchev–Trinajstić information content (AvgIpc) is 3.25. The molecule has 3 saturated heterocycles. The summed E-state index contributed by atoms with van der Waals surface area (Å²) in [6.45, 7) is 4.71. The Morgan fingerprint density at radius 2 is 1.76 bits per heavy atom. The number of anilines is 1. The summed E-state index contributed by atoms with van der Waals surface area (Å²) in [6.07, 6.45) is 5.00. The first-order chi connectivity index (χ1) is 11.7. The molecule has 0 atom stereocenters. The van der Waals surface area contributed by atoms with Crippen LogP contribution >= 0.6 is 12.4 Å². The van der Waals surface area contributed by atoms with Crippen molar-refractivity contribution in [1.29, 1.82) is 0 Å². The first kappa shape index (κ1) is 18.2. The van der Waals surface area contributed by atoms with Crippen molar-refractivity contribution < 1.29 is 9.59 Å². The second-order valence-electron chi connectivity index (χ2n) is 7.41. The fraction of sp³-hybridized carbons (Fsp3) is 0.579. The number of likely N-dealkylation sites (tertiary alicyclic amines) is 1. The lowest BCUT2D eigenvalue weighted by Crippen LogP contribution is -2.44. The molecule has 3 heterocycles. The summed E-state index contributed by atoms with van der Waals surface area (Å²) >= 11 is 0. The smallest absolute Gasteiger partial charge is 0.253 e. The summed E-state index contributed by atoms with van der Waals surface area (Å²) in [5.41, 5.74) is 2.06. The zero-order valence-electron chi connectivity index (χ0n) is 14.5. The van der Waals surface area contributed by atoms with Crippen molar-refractivity contribution in [3.8, 4) is 0 Å². The lowest BCUT2D eigenvalue weighted by Gasteiger charge is -2.39. The van der Waals surface area contributed by atoms with Gasteiger partial charge in [0.05, 0.1) is 0 Å². The third-order valence-electron chi connectivity index (χ3n) is 5.94. The molecular formula is C19H26ClN3O2. The van der Waals surface area contributed by atoms with E-state index in [0.29, 0.717) is 11.8 Å². The minimum Gasteiger partial charge on any atom is -0.339 e. The molecule has 136 valence electrons. The van der Waals surface area contributed by atoms with Gasteiger partial charge in [-0.3, -0.25) is 9.59 Å². The van der Waals surface area contributed by atoms with E-state index in [1.54, 1.807) is 0 Å². The Bertz CT molecular complexity index is 631. The lowest BCUT2D eigenvalue weighted by molar-refractivity contribution is -0.117. The molecular weight excluding hydrogens is 338 g/mol. The molecule has 1 N–H and O–H groups in total. The van der Waals surface area contributed by atoms with Gasteiger partial charge in [0.2, 0.25) is 5.91 Å². The number of rotatable bonds is 2. The van der Waals surface area contributed by atoms with Crippen LogP contribution < -0.4 is 10.2 Å². The number of carbonyl (C=O) groups is 2. The van der Waals surface area contributed by atoms with Crippen molar-refractivity contribution in [3.63, 3.8) is 0 Å². The number of hydrogen-bond acceptors (Lipinski definition) is 3. The molecule has 0 unspecified atom stereocenters. The van der Waals surface area contributed by atoms with Crippen molar-refractivity contribution in [2.24, 2.45) is 5.41 Å². The van der Waals surface area contributed by atoms with Gasteiger partial charge in [-0.15, -0.1) is 12.4 Å². The molecule has 0 saturated carbocycles. The first-order valence-electron chi connectivity index (χ1n) is 9.07. The number of benzene rings is 1. The van der Waals surface area contributed by atoms with Gasteiger partial charge in [0, 0.05) is 43.9 Å². The minimum absolute atomic E-state index is 0. The largest absolute Gasteiger partial charge is 0.339 e. The van der Waals surface area contributed by atoms with E-state index in [1.807, 2.05) is 34.1 Å². The molecule has 1 spiro atoms. The fourth-order valence-electron chi connectivity index (χ4n) is 4.29. The third kappa shape index (κ3) is 3.53. The highest BCUT2D eigenvalue weighted by molar-refractivity contribution is 5.97. The summed E-state index contributed by atoms with van der Waals surface area (Å²) in [5.74, 6) is 0.302. The van der Waals surface area contributed by atoms with Crippen LogP contribution in [0.1, 0.15) is 42.5 Å². The number of halogens is 1. The van der Waals surface area contributed by atoms with E-state index in [0.717, 1.165) is 63.2 Å². The Morgan fingerprint density at radius 3 is 2.32 bits per heavy atom. The molecule has 4 rings (SSSR count). The normalized spacial score (nSPS) is 22.3. The van der Waals surface area contributed by atoms with Crippen LogP contribution in [-0.2, 0) is 4.79 Å². The lowest BCUT2D eigenvalue weighted by atomic mass is 9.78. The Labute approximate surface area is 155 Å². The zero-order chi connectivity index (χ0) is 16.6. The van der Waals surface area contributed by atoms with Gasteiger partial charge in [-0.2, -0.15) is 0 Å². The van der Waals surface area contributed by atoms with Crippen LogP contribution in [-0.4, -0.2) is 49.4 Å². The van der Waals surface area contributed by atoms with Gasteiger partial charge in [0.1, 0.15) is 0 Å². The maximum absolute atomic E-state index is 12.7. The minimum atomic E-state index is 0. The molecule has 0 aliphatic carbocycles. The van der Waals surface area contributed by atoms with Gasteiger partial charge in [-0.05, 0) is 61.9 Å². The van der Waals surface area contributed by atoms with E-state index in [9.17, 15) is 9.59 Å². The molecule has 0 radical (unpaired) electrons. The number of nitrogens with zero attached hydrogens (tertiary/aromatic N) is 2. The highest BCUT2D eigenvalue weighted by atomic mass is 35.5. The summed E-state index contributed by atoms with van der Waals surface area (Å²) in [6, 6.07) is 7.54. The Balaban J connectivity index is 0.00000182. The molecule has 3 fully saturated rings. The second-order valence-corrected chi connectivity index (χ2v) is 7.41. The number of amides is 2. The van der Waals surface area contributed by atoms with Crippen molar-refractivity contribution in [2.45, 2.75) is 32.1 Å². The molecule has 3 aliphatic heterocycles. The highest BCUT2D eigenvalue weighted by Crippen LogP contribution is 2.37. The summed E-state index contributed by atoms with van der Waals surface area (Å²) < 4.78 is 0. The molecule has 0 bridgehead atoms. The molecule has 6 heteroatoms. The summed E-state index contributed by atoms with van der Waals surface area (Å²) in [7, 11) is 0. The molecule has 3 aliphatic rings. The Kier molecular flexibility index (Phi) is 5.35. The van der Waals surface area contributed by atoms with Gasteiger partial charge in [-0.1, -0.05) is 0 Å². The van der Waals surface area contributed by atoms with E-state index in [4.69, 9.17) is 0 Å². The number of nitrogens with one attached hydrogen (secondary N) is 1. The Morgan fingerprint density at radius 1 is 1.04 bits per heavy atom. The second kappa shape index (κ2) is 7.34. The van der Waals surface area contributed by atoms with Crippen LogP contribution in [0, 0.1) is 5.41 Å². The van der Waals surface area contributed by atoms with Crippen LogP contribution in [0.3, 0.4) is 0 Å². The molecule has 5 nitrogen and oxygen atoms in total. The average molecular weight is 364 g/mol. The van der Waals surface area contributed by atoms with Crippen molar-refractivity contribution >= 4 is 29.9 Å². The fourth-order valence-corrected chi connectivity index (χ4v) is 4.29. The van der Waals surface area contributed by atoms with Crippen molar-refractivity contribution in [3.05, 3.63) is 29.8 Å². The summed E-state index contributed by atoms with van der Waals surface area (Å²) in [4.78, 5) is 28.3. The van der Waals surface area contributed by atoms with E-state index in [-0.39, 0.29) is 24.2 Å². The molecule has 1 aromatic rings. The maximum Gasteiger partial charge on any atom is 0.253 e. The third-order valence-corrected chi connectivity index (χ3v) is 5.94. The number of piperidine rings is 1.